The van der Waals surface area contributed by atoms with E-state index in [0.29, 0.717) is 24.5 Å². The average molecular weight is 684 g/mol. The van der Waals surface area contributed by atoms with Gasteiger partial charge in [-0.25, -0.2) is 14.8 Å². The monoisotopic (exact) mass is 683 g/mol. The van der Waals surface area contributed by atoms with Crippen molar-refractivity contribution in [3.8, 4) is 33.6 Å². The summed E-state index contributed by atoms with van der Waals surface area (Å²) in [5.41, 5.74) is 6.56. The summed E-state index contributed by atoms with van der Waals surface area (Å²) in [6.45, 7) is 4.45. The number of benzene rings is 3. The Bertz CT molecular complexity index is 2130. The number of amides is 2. The molecule has 5 aromatic rings. The van der Waals surface area contributed by atoms with Crippen LogP contribution < -0.4 is 5.32 Å². The lowest BCUT2D eigenvalue weighted by atomic mass is 9.98. The normalized spacial score (nSPS) is 23.8. The molecular formula is C41H45N7O3. The van der Waals surface area contributed by atoms with Crippen molar-refractivity contribution in [1.82, 2.24) is 35.1 Å². The molecule has 262 valence electrons. The van der Waals surface area contributed by atoms with Crippen molar-refractivity contribution in [2.24, 2.45) is 17.3 Å². The van der Waals surface area contributed by atoms with E-state index in [1.54, 1.807) is 0 Å². The van der Waals surface area contributed by atoms with Crippen LogP contribution >= 0.6 is 0 Å². The second-order valence-electron chi connectivity index (χ2n) is 15.9. The number of hydrogen-bond donors (Lipinski definition) is 4. The molecule has 10 nitrogen and oxygen atoms in total. The predicted octanol–water partition coefficient (Wildman–Crippen LogP) is 7.79. The van der Waals surface area contributed by atoms with Gasteiger partial charge in [-0.05, 0) is 95.4 Å². The third-order valence-corrected chi connectivity index (χ3v) is 12.2. The molecule has 2 aliphatic carbocycles. The third kappa shape index (κ3) is 5.69. The van der Waals surface area contributed by atoms with E-state index in [1.807, 2.05) is 31.1 Å². The second-order valence-corrected chi connectivity index (χ2v) is 15.9. The topological polar surface area (TPSA) is 130 Å². The Morgan fingerprint density at radius 2 is 1.49 bits per heavy atom. The smallest absolute Gasteiger partial charge is 0.407 e. The highest BCUT2D eigenvalue weighted by Crippen LogP contribution is 2.58. The van der Waals surface area contributed by atoms with Crippen molar-refractivity contribution < 1.29 is 14.7 Å². The maximum Gasteiger partial charge on any atom is 0.407 e. The van der Waals surface area contributed by atoms with E-state index in [2.05, 4.69) is 75.9 Å². The molecule has 2 saturated heterocycles. The summed E-state index contributed by atoms with van der Waals surface area (Å²) in [4.78, 5) is 45.4. The summed E-state index contributed by atoms with van der Waals surface area (Å²) in [7, 11) is 1.49. The Morgan fingerprint density at radius 3 is 2.14 bits per heavy atom. The molecule has 10 heteroatoms. The number of carboxylic acid groups (broad SMARTS) is 1. The summed E-state index contributed by atoms with van der Waals surface area (Å²) in [5, 5.41) is 15.7. The number of hydrogen-bond acceptors (Lipinski definition) is 5. The van der Waals surface area contributed by atoms with Crippen molar-refractivity contribution in [2.45, 2.75) is 76.5 Å². The van der Waals surface area contributed by atoms with Crippen LogP contribution in [-0.2, 0) is 4.79 Å². The van der Waals surface area contributed by atoms with E-state index in [4.69, 9.17) is 9.97 Å². The lowest BCUT2D eigenvalue weighted by molar-refractivity contribution is -0.138. The van der Waals surface area contributed by atoms with Gasteiger partial charge in [0.25, 0.3) is 0 Å². The molecule has 4 fully saturated rings. The Labute approximate surface area is 297 Å². The molecule has 4 aliphatic rings. The van der Waals surface area contributed by atoms with Crippen LogP contribution in [0.2, 0.25) is 0 Å². The molecule has 2 aromatic heterocycles. The van der Waals surface area contributed by atoms with Gasteiger partial charge in [0.15, 0.2) is 0 Å². The van der Waals surface area contributed by atoms with Crippen molar-refractivity contribution in [2.75, 3.05) is 13.6 Å². The standard InChI is InChI=1S/C41H45N7O3/c1-23(2)36(47(3)40(50)51)39(49)48-22-41(14-15-41)19-34(48)37-42-21-33(45-37)29-11-10-27-16-26(8-9-28(27)17-29)24-4-6-25(7-5-24)32-20-43-38(46-32)35-30-12-13-31(18-30)44-35/h4-11,16-17,20-21,23,30-31,34-36,44H,12-15,18-19,22H2,1-3H3,(H,42,45)(H,43,46)(H,50,51)/t30-,31+,34-,35-,36-/m0/s1. The molecule has 9 rings (SSSR count). The van der Waals surface area contributed by atoms with Gasteiger partial charge in [-0.3, -0.25) is 9.69 Å². The van der Waals surface area contributed by atoms with Crippen molar-refractivity contribution in [3.05, 3.63) is 84.7 Å². The summed E-state index contributed by atoms with van der Waals surface area (Å²) in [6.07, 6.45) is 9.59. The number of nitrogens with one attached hydrogen (secondary N) is 3. The Hall–Kier alpha value is -4.96. The lowest BCUT2D eigenvalue weighted by Gasteiger charge is -2.33. The molecule has 0 unspecified atom stereocenters. The fourth-order valence-electron chi connectivity index (χ4n) is 9.15. The number of fused-ring (bicyclic) bond motifs is 3. The molecule has 1 spiro atoms. The molecule has 2 aliphatic heterocycles. The number of piperidine rings is 1. The SMILES string of the molecule is CC(C)[C@@H](C(=O)N1CC2(CC2)C[C@H]1c1ncc(-c2ccc3cc(-c4ccc(-c5cnc([C@H]6N[C@@H]7CC[C@H]6C7)[nH]5)cc4)ccc3c2)[nH]1)N(C)C(=O)O. The first-order valence-electron chi connectivity index (χ1n) is 18.4. The first-order chi connectivity index (χ1) is 24.6. The number of imidazole rings is 2. The summed E-state index contributed by atoms with van der Waals surface area (Å²) in [5.74, 6) is 2.23. The maximum atomic E-state index is 13.9. The third-order valence-electron chi connectivity index (χ3n) is 12.2. The lowest BCUT2D eigenvalue weighted by Crippen LogP contribution is -2.51. The van der Waals surface area contributed by atoms with Gasteiger partial charge in [-0.2, -0.15) is 0 Å². The molecule has 2 bridgehead atoms. The van der Waals surface area contributed by atoms with Gasteiger partial charge in [0.05, 0.1) is 35.9 Å². The number of aromatic amines is 2. The van der Waals surface area contributed by atoms with Crippen LogP contribution in [0, 0.1) is 17.3 Å². The van der Waals surface area contributed by atoms with E-state index >= 15 is 0 Å². The number of nitrogens with zero attached hydrogens (tertiary/aromatic N) is 4. The Morgan fingerprint density at radius 1 is 0.863 bits per heavy atom. The summed E-state index contributed by atoms with van der Waals surface area (Å²) < 4.78 is 0. The predicted molar refractivity (Wildman–Crippen MR) is 197 cm³/mol. The number of aromatic nitrogens is 4. The number of rotatable bonds is 8. The minimum Gasteiger partial charge on any atom is -0.465 e. The number of likely N-dealkylation sites (tertiary alicyclic amines) is 1. The van der Waals surface area contributed by atoms with Gasteiger partial charge in [0.1, 0.15) is 17.7 Å². The number of carbonyl (C=O) groups is 2. The van der Waals surface area contributed by atoms with Crippen LogP contribution in [0.1, 0.15) is 76.1 Å². The Kier molecular flexibility index (Phi) is 7.57. The van der Waals surface area contributed by atoms with E-state index in [1.165, 1.54) is 26.3 Å². The minimum absolute atomic E-state index is 0.118. The molecule has 4 heterocycles. The van der Waals surface area contributed by atoms with E-state index in [-0.39, 0.29) is 23.3 Å². The van der Waals surface area contributed by atoms with Gasteiger partial charge in [0.2, 0.25) is 5.91 Å². The highest BCUT2D eigenvalue weighted by Gasteiger charge is 2.55. The molecular weight excluding hydrogens is 638 g/mol. The molecule has 2 saturated carbocycles. The average Bonchev–Trinajstić information content (AvgIpc) is 3.77. The zero-order valence-corrected chi connectivity index (χ0v) is 29.4. The van der Waals surface area contributed by atoms with Gasteiger partial charge in [-0.1, -0.05) is 62.4 Å². The highest BCUT2D eigenvalue weighted by atomic mass is 16.4. The highest BCUT2D eigenvalue weighted by molar-refractivity contribution is 5.91. The van der Waals surface area contributed by atoms with Crippen LogP contribution in [0.25, 0.3) is 44.4 Å². The van der Waals surface area contributed by atoms with Crippen LogP contribution in [0.3, 0.4) is 0 Å². The van der Waals surface area contributed by atoms with Crippen molar-refractivity contribution >= 4 is 22.8 Å². The first kappa shape index (κ1) is 32.0. The van der Waals surface area contributed by atoms with Crippen LogP contribution in [0.15, 0.2) is 73.1 Å². The van der Waals surface area contributed by atoms with E-state index < -0.39 is 12.1 Å². The van der Waals surface area contributed by atoms with Gasteiger partial charge in [0, 0.05) is 25.2 Å². The molecule has 3 aromatic carbocycles. The molecule has 0 radical (unpaired) electrons. The van der Waals surface area contributed by atoms with Gasteiger partial charge >= 0.3 is 6.09 Å². The molecule has 4 N–H and O–H groups in total. The maximum absolute atomic E-state index is 13.9. The largest absolute Gasteiger partial charge is 0.465 e. The summed E-state index contributed by atoms with van der Waals surface area (Å²) in [6, 6.07) is 21.8. The summed E-state index contributed by atoms with van der Waals surface area (Å²) >= 11 is 0. The molecule has 51 heavy (non-hydrogen) atoms. The van der Waals surface area contributed by atoms with Crippen molar-refractivity contribution in [3.63, 3.8) is 0 Å². The quantitative estimate of drug-likeness (QED) is 0.132. The number of H-pyrrole nitrogens is 2. The Balaban J connectivity index is 0.919. The minimum atomic E-state index is -1.09. The number of likely N-dealkylation sites (N-methyl/N-ethyl adjacent to an activating group) is 1. The first-order valence-corrected chi connectivity index (χ1v) is 18.4. The second kappa shape index (κ2) is 12.1. The zero-order chi connectivity index (χ0) is 35.0. The molecule has 2 amide bonds. The fraction of sp³-hybridized carbons (Fsp3) is 0.415. The fourth-order valence-corrected chi connectivity index (χ4v) is 9.15. The van der Waals surface area contributed by atoms with E-state index in [0.717, 1.165) is 80.2 Å². The van der Waals surface area contributed by atoms with Crippen molar-refractivity contribution in [1.29, 1.82) is 0 Å². The zero-order valence-electron chi connectivity index (χ0n) is 29.4. The number of carbonyl (C=O) groups excluding carboxylic acids is 1. The van der Waals surface area contributed by atoms with Gasteiger partial charge < -0.3 is 25.3 Å². The van der Waals surface area contributed by atoms with E-state index in [9.17, 15) is 14.7 Å². The van der Waals surface area contributed by atoms with Crippen LogP contribution in [-0.4, -0.2) is 72.5 Å². The van der Waals surface area contributed by atoms with Crippen LogP contribution in [0.5, 0.6) is 0 Å². The van der Waals surface area contributed by atoms with Crippen LogP contribution in [0.4, 0.5) is 4.79 Å². The molecule has 5 atom stereocenters. The van der Waals surface area contributed by atoms with Gasteiger partial charge in [-0.15, -0.1) is 0 Å².